The predicted molar refractivity (Wildman–Crippen MR) is 130 cm³/mol. The summed E-state index contributed by atoms with van der Waals surface area (Å²) in [6.45, 7) is 2.76. The fourth-order valence-electron chi connectivity index (χ4n) is 3.63. The van der Waals surface area contributed by atoms with E-state index in [2.05, 4.69) is 15.2 Å². The van der Waals surface area contributed by atoms with Gasteiger partial charge in [0.2, 0.25) is 5.91 Å². The molecule has 4 rings (SSSR count). The highest BCUT2D eigenvalue weighted by molar-refractivity contribution is 7.09. The summed E-state index contributed by atoms with van der Waals surface area (Å²) in [5.74, 6) is -0.753. The number of rotatable bonds is 7. The zero-order chi connectivity index (χ0) is 23.2. The van der Waals surface area contributed by atoms with Crippen LogP contribution in [0.4, 0.5) is 11.4 Å². The Hall–Kier alpha value is -2.94. The Bertz CT molecular complexity index is 1140. The number of nitrogens with one attached hydrogen (secondary N) is 1. The lowest BCUT2D eigenvalue weighted by Crippen LogP contribution is -2.36. The van der Waals surface area contributed by atoms with E-state index in [1.54, 1.807) is 12.1 Å². The van der Waals surface area contributed by atoms with E-state index in [0.29, 0.717) is 41.6 Å². The van der Waals surface area contributed by atoms with E-state index in [9.17, 15) is 9.59 Å². The SMILES string of the molecule is COC(=O)c1cc(N2CCOCC2)ccc1NC(=O)Cc1csc(Cc2cccc(Cl)c2)n1. The van der Waals surface area contributed by atoms with Gasteiger partial charge in [-0.05, 0) is 35.9 Å². The third-order valence-corrected chi connectivity index (χ3v) is 6.38. The Morgan fingerprint density at radius 2 is 2.03 bits per heavy atom. The van der Waals surface area contributed by atoms with Crippen LogP contribution >= 0.6 is 22.9 Å². The number of anilines is 2. The highest BCUT2D eigenvalue weighted by Gasteiger charge is 2.19. The maximum absolute atomic E-state index is 12.7. The van der Waals surface area contributed by atoms with Gasteiger partial charge < -0.3 is 19.7 Å². The molecule has 0 aliphatic carbocycles. The quantitative estimate of drug-likeness (QED) is 0.505. The molecule has 0 atom stereocenters. The second-order valence-corrected chi connectivity index (χ2v) is 8.96. The molecule has 1 aliphatic rings. The van der Waals surface area contributed by atoms with Crippen molar-refractivity contribution < 1.29 is 19.1 Å². The largest absolute Gasteiger partial charge is 0.465 e. The van der Waals surface area contributed by atoms with Crippen molar-refractivity contribution in [2.75, 3.05) is 43.6 Å². The Kier molecular flexibility index (Phi) is 7.59. The molecule has 0 bridgehead atoms. The molecule has 1 amide bonds. The molecular formula is C24H24ClN3O4S. The Morgan fingerprint density at radius 3 is 2.79 bits per heavy atom. The number of hydrogen-bond donors (Lipinski definition) is 1. The van der Waals surface area contributed by atoms with Gasteiger partial charge in [-0.15, -0.1) is 11.3 Å². The zero-order valence-corrected chi connectivity index (χ0v) is 19.7. The van der Waals surface area contributed by atoms with Crippen molar-refractivity contribution in [3.8, 4) is 0 Å². The third-order valence-electron chi connectivity index (χ3n) is 5.24. The molecule has 0 radical (unpaired) electrons. The van der Waals surface area contributed by atoms with Gasteiger partial charge in [0, 0.05) is 35.6 Å². The average Bonchev–Trinajstić information content (AvgIpc) is 3.25. The monoisotopic (exact) mass is 485 g/mol. The van der Waals surface area contributed by atoms with Crippen molar-refractivity contribution in [3.05, 3.63) is 74.7 Å². The second-order valence-electron chi connectivity index (χ2n) is 7.59. The van der Waals surface area contributed by atoms with Crippen LogP contribution in [-0.4, -0.2) is 50.3 Å². The van der Waals surface area contributed by atoms with Crippen molar-refractivity contribution >= 4 is 46.2 Å². The number of thiazole rings is 1. The predicted octanol–water partition coefficient (Wildman–Crippen LogP) is 4.19. The van der Waals surface area contributed by atoms with Gasteiger partial charge >= 0.3 is 5.97 Å². The maximum atomic E-state index is 12.7. The molecule has 2 heterocycles. The summed E-state index contributed by atoms with van der Waals surface area (Å²) in [7, 11) is 1.33. The zero-order valence-electron chi connectivity index (χ0n) is 18.2. The molecule has 0 saturated carbocycles. The minimum absolute atomic E-state index is 0.109. The molecule has 7 nitrogen and oxygen atoms in total. The van der Waals surface area contributed by atoms with Crippen molar-refractivity contribution in [2.24, 2.45) is 0 Å². The molecule has 3 aromatic rings. The standard InChI is InChI=1S/C24H24ClN3O4S/c1-31-24(30)20-14-19(28-7-9-32-10-8-28)5-6-21(20)27-22(29)13-18-15-33-23(26-18)12-16-3-2-4-17(25)11-16/h2-6,11,14-15H,7-10,12-13H2,1H3,(H,27,29). The first kappa shape index (κ1) is 23.2. The first-order chi connectivity index (χ1) is 16.0. The topological polar surface area (TPSA) is 80.8 Å². The van der Waals surface area contributed by atoms with E-state index in [1.165, 1.54) is 18.4 Å². The summed E-state index contributed by atoms with van der Waals surface area (Å²) in [4.78, 5) is 31.8. The summed E-state index contributed by atoms with van der Waals surface area (Å²) in [6.07, 6.45) is 0.764. The number of methoxy groups -OCH3 is 1. The van der Waals surface area contributed by atoms with E-state index < -0.39 is 5.97 Å². The molecule has 1 fully saturated rings. The van der Waals surface area contributed by atoms with Crippen LogP contribution in [0, 0.1) is 0 Å². The molecule has 33 heavy (non-hydrogen) atoms. The summed E-state index contributed by atoms with van der Waals surface area (Å²) < 4.78 is 10.3. The third kappa shape index (κ3) is 6.10. The van der Waals surface area contributed by atoms with Crippen LogP contribution in [0.5, 0.6) is 0 Å². The van der Waals surface area contributed by atoms with Crippen LogP contribution in [0.3, 0.4) is 0 Å². The number of halogens is 1. The maximum Gasteiger partial charge on any atom is 0.340 e. The number of nitrogens with zero attached hydrogens (tertiary/aromatic N) is 2. The van der Waals surface area contributed by atoms with Gasteiger partial charge in [-0.25, -0.2) is 9.78 Å². The fraction of sp³-hybridized carbons (Fsp3) is 0.292. The summed E-state index contributed by atoms with van der Waals surface area (Å²) >= 11 is 7.55. The van der Waals surface area contributed by atoms with Crippen LogP contribution in [0.1, 0.15) is 26.6 Å². The average molecular weight is 486 g/mol. The number of benzene rings is 2. The van der Waals surface area contributed by atoms with Gasteiger partial charge in [-0.2, -0.15) is 0 Å². The normalized spacial score (nSPS) is 13.6. The molecule has 1 aliphatic heterocycles. The number of amides is 1. The Morgan fingerprint density at radius 1 is 1.21 bits per heavy atom. The summed E-state index contributed by atoms with van der Waals surface area (Å²) in [5, 5.41) is 6.30. The Balaban J connectivity index is 1.43. The van der Waals surface area contributed by atoms with Crippen LogP contribution in [0.2, 0.25) is 5.02 Å². The number of morpholine rings is 1. The number of carbonyl (C=O) groups excluding carboxylic acids is 2. The lowest BCUT2D eigenvalue weighted by Gasteiger charge is -2.29. The van der Waals surface area contributed by atoms with Gasteiger partial charge in [-0.1, -0.05) is 23.7 Å². The van der Waals surface area contributed by atoms with Crippen molar-refractivity contribution in [2.45, 2.75) is 12.8 Å². The minimum atomic E-state index is -0.502. The van der Waals surface area contributed by atoms with E-state index in [-0.39, 0.29) is 12.3 Å². The second kappa shape index (κ2) is 10.8. The molecule has 1 saturated heterocycles. The molecule has 0 spiro atoms. The van der Waals surface area contributed by atoms with Crippen molar-refractivity contribution in [1.82, 2.24) is 4.98 Å². The molecule has 0 unspecified atom stereocenters. The fourth-order valence-corrected chi connectivity index (χ4v) is 4.67. The van der Waals surface area contributed by atoms with Crippen LogP contribution in [0.15, 0.2) is 47.8 Å². The first-order valence-electron chi connectivity index (χ1n) is 10.5. The van der Waals surface area contributed by atoms with Crippen LogP contribution in [0.25, 0.3) is 0 Å². The molecule has 1 aromatic heterocycles. The van der Waals surface area contributed by atoms with Gasteiger partial charge in [0.15, 0.2) is 0 Å². The van der Waals surface area contributed by atoms with Crippen LogP contribution < -0.4 is 10.2 Å². The van der Waals surface area contributed by atoms with Crippen molar-refractivity contribution in [1.29, 1.82) is 0 Å². The van der Waals surface area contributed by atoms with Crippen molar-refractivity contribution in [3.63, 3.8) is 0 Å². The lowest BCUT2D eigenvalue weighted by molar-refractivity contribution is -0.115. The highest BCUT2D eigenvalue weighted by atomic mass is 35.5. The molecule has 172 valence electrons. The van der Waals surface area contributed by atoms with Gasteiger partial charge in [0.25, 0.3) is 0 Å². The van der Waals surface area contributed by atoms with Gasteiger partial charge in [-0.3, -0.25) is 4.79 Å². The number of ether oxygens (including phenoxy) is 2. The van der Waals surface area contributed by atoms with Gasteiger partial charge in [0.1, 0.15) is 0 Å². The molecule has 9 heteroatoms. The van der Waals surface area contributed by atoms with E-state index in [1.807, 2.05) is 35.7 Å². The van der Waals surface area contributed by atoms with Gasteiger partial charge in [0.05, 0.1) is 48.7 Å². The van der Waals surface area contributed by atoms with E-state index >= 15 is 0 Å². The summed E-state index contributed by atoms with van der Waals surface area (Å²) in [6, 6.07) is 13.0. The summed E-state index contributed by atoms with van der Waals surface area (Å²) in [5.41, 5.74) is 3.37. The minimum Gasteiger partial charge on any atom is -0.465 e. The van der Waals surface area contributed by atoms with E-state index in [0.717, 1.165) is 29.3 Å². The first-order valence-corrected chi connectivity index (χ1v) is 11.8. The Labute approximate surface area is 201 Å². The number of hydrogen-bond acceptors (Lipinski definition) is 7. The smallest absolute Gasteiger partial charge is 0.340 e. The number of esters is 1. The van der Waals surface area contributed by atoms with E-state index in [4.69, 9.17) is 21.1 Å². The number of aromatic nitrogens is 1. The molecular weight excluding hydrogens is 462 g/mol. The highest BCUT2D eigenvalue weighted by Crippen LogP contribution is 2.25. The van der Waals surface area contributed by atoms with Crippen LogP contribution in [-0.2, 0) is 27.1 Å². The molecule has 1 N–H and O–H groups in total. The molecule has 2 aromatic carbocycles. The lowest BCUT2D eigenvalue weighted by atomic mass is 10.1. The number of carbonyl (C=O) groups is 2.